The highest BCUT2D eigenvalue weighted by Crippen LogP contribution is 2.24. The van der Waals surface area contributed by atoms with Gasteiger partial charge in [-0.2, -0.15) is 0 Å². The van der Waals surface area contributed by atoms with Gasteiger partial charge >= 0.3 is 0 Å². The van der Waals surface area contributed by atoms with Gasteiger partial charge in [0.1, 0.15) is 24.5 Å². The Morgan fingerprint density at radius 3 is 2.60 bits per heavy atom. The van der Waals surface area contributed by atoms with Crippen LogP contribution in [0.4, 0.5) is 11.5 Å². The lowest BCUT2D eigenvalue weighted by Crippen LogP contribution is -1.97. The molecule has 25 heavy (non-hydrogen) atoms. The molecule has 0 atom stereocenters. The van der Waals surface area contributed by atoms with Gasteiger partial charge in [0.2, 0.25) is 0 Å². The third-order valence-corrected chi connectivity index (χ3v) is 3.65. The molecule has 0 saturated carbocycles. The number of nitrogens with zero attached hydrogens (tertiary/aromatic N) is 2. The van der Waals surface area contributed by atoms with Gasteiger partial charge in [0.05, 0.1) is 18.0 Å². The van der Waals surface area contributed by atoms with Crippen molar-refractivity contribution in [3.8, 4) is 5.75 Å². The monoisotopic (exact) mass is 353 g/mol. The molecule has 0 amide bonds. The number of nitrogens with one attached hydrogen (secondary N) is 1. The largest absolute Gasteiger partial charge is 0.489 e. The molecule has 0 radical (unpaired) electrons. The average Bonchev–Trinajstić information content (AvgIpc) is 3.15. The Balaban J connectivity index is 0.00000182. The van der Waals surface area contributed by atoms with Crippen LogP contribution in [0.2, 0.25) is 0 Å². The molecular formula is C19H16ClN3O2. The van der Waals surface area contributed by atoms with Gasteiger partial charge in [0.25, 0.3) is 0 Å². The van der Waals surface area contributed by atoms with E-state index in [1.165, 1.54) is 0 Å². The van der Waals surface area contributed by atoms with E-state index in [9.17, 15) is 0 Å². The van der Waals surface area contributed by atoms with E-state index in [2.05, 4.69) is 15.3 Å². The zero-order valence-corrected chi connectivity index (χ0v) is 14.1. The minimum absolute atomic E-state index is 0. The van der Waals surface area contributed by atoms with Gasteiger partial charge in [0, 0.05) is 16.6 Å². The normalized spacial score (nSPS) is 10.2. The molecule has 0 bridgehead atoms. The van der Waals surface area contributed by atoms with Crippen LogP contribution in [0.25, 0.3) is 10.9 Å². The molecule has 4 rings (SSSR count). The van der Waals surface area contributed by atoms with Crippen molar-refractivity contribution < 1.29 is 9.15 Å². The fourth-order valence-corrected chi connectivity index (χ4v) is 2.42. The Morgan fingerprint density at radius 1 is 0.960 bits per heavy atom. The lowest BCUT2D eigenvalue weighted by atomic mass is 10.2. The predicted molar refractivity (Wildman–Crippen MR) is 99.6 cm³/mol. The first-order chi connectivity index (χ1) is 11.9. The molecule has 0 unspecified atom stereocenters. The van der Waals surface area contributed by atoms with Crippen LogP contribution in [-0.2, 0) is 6.61 Å². The Labute approximate surface area is 151 Å². The average molecular weight is 354 g/mol. The van der Waals surface area contributed by atoms with Crippen LogP contribution in [0.1, 0.15) is 5.56 Å². The Hall–Kier alpha value is -3.05. The van der Waals surface area contributed by atoms with Gasteiger partial charge in [-0.25, -0.2) is 9.97 Å². The molecule has 2 aromatic carbocycles. The Morgan fingerprint density at radius 2 is 1.80 bits per heavy atom. The topological polar surface area (TPSA) is 60.2 Å². The summed E-state index contributed by atoms with van der Waals surface area (Å²) in [5.74, 6) is 1.59. The van der Waals surface area contributed by atoms with Crippen molar-refractivity contribution >= 4 is 34.8 Å². The fraction of sp³-hybridized carbons (Fsp3) is 0.0526. The van der Waals surface area contributed by atoms with Crippen LogP contribution in [0.15, 0.2) is 77.9 Å². The van der Waals surface area contributed by atoms with Crippen molar-refractivity contribution in [3.05, 3.63) is 79.0 Å². The van der Waals surface area contributed by atoms with Gasteiger partial charge in [0.15, 0.2) is 0 Å². The second-order valence-electron chi connectivity index (χ2n) is 5.31. The predicted octanol–water partition coefficient (Wildman–Crippen LogP) is 4.97. The van der Waals surface area contributed by atoms with E-state index >= 15 is 0 Å². The number of ether oxygens (including phenoxy) is 1. The molecule has 1 N–H and O–H groups in total. The third kappa shape index (κ3) is 3.89. The smallest absolute Gasteiger partial charge is 0.141 e. The quantitative estimate of drug-likeness (QED) is 0.549. The number of hydrogen-bond acceptors (Lipinski definition) is 5. The van der Waals surface area contributed by atoms with E-state index in [0.717, 1.165) is 33.7 Å². The van der Waals surface area contributed by atoms with Crippen molar-refractivity contribution in [3.63, 3.8) is 0 Å². The summed E-state index contributed by atoms with van der Waals surface area (Å²) in [4.78, 5) is 8.60. The van der Waals surface area contributed by atoms with Gasteiger partial charge < -0.3 is 14.5 Å². The Kier molecular flexibility index (Phi) is 5.16. The molecule has 0 fully saturated rings. The summed E-state index contributed by atoms with van der Waals surface area (Å²) in [7, 11) is 0. The number of fused-ring (bicyclic) bond motifs is 1. The van der Waals surface area contributed by atoms with E-state index in [-0.39, 0.29) is 12.4 Å². The summed E-state index contributed by atoms with van der Waals surface area (Å²) in [5.41, 5.74) is 2.86. The number of halogens is 1. The van der Waals surface area contributed by atoms with Crippen LogP contribution < -0.4 is 10.1 Å². The van der Waals surface area contributed by atoms with Gasteiger partial charge in [-0.1, -0.05) is 12.1 Å². The highest BCUT2D eigenvalue weighted by Gasteiger charge is 2.04. The zero-order valence-electron chi connectivity index (χ0n) is 13.3. The lowest BCUT2D eigenvalue weighted by molar-refractivity contribution is 0.305. The summed E-state index contributed by atoms with van der Waals surface area (Å²) < 4.78 is 10.7. The second-order valence-corrected chi connectivity index (χ2v) is 5.31. The number of anilines is 2. The molecular weight excluding hydrogens is 338 g/mol. The molecule has 2 heterocycles. The SMILES string of the molecule is Cl.c1ccc2c(Nc3ccc(OCc4ccoc4)cc3)ncnc2c1. The summed E-state index contributed by atoms with van der Waals surface area (Å²) in [6.45, 7) is 0.486. The third-order valence-electron chi connectivity index (χ3n) is 3.65. The highest BCUT2D eigenvalue weighted by molar-refractivity contribution is 5.90. The first-order valence-corrected chi connectivity index (χ1v) is 7.59. The summed E-state index contributed by atoms with van der Waals surface area (Å²) in [6.07, 6.45) is 4.88. The minimum atomic E-state index is 0. The van der Waals surface area contributed by atoms with Crippen LogP contribution in [0, 0.1) is 0 Å². The van der Waals surface area contributed by atoms with Crippen LogP contribution in [-0.4, -0.2) is 9.97 Å². The molecule has 0 spiro atoms. The number of benzene rings is 2. The molecule has 2 aromatic heterocycles. The second kappa shape index (κ2) is 7.68. The van der Waals surface area contributed by atoms with Gasteiger partial charge in [-0.3, -0.25) is 0 Å². The van der Waals surface area contributed by atoms with Crippen molar-refractivity contribution in [2.75, 3.05) is 5.32 Å². The van der Waals surface area contributed by atoms with Gasteiger partial charge in [-0.15, -0.1) is 12.4 Å². The van der Waals surface area contributed by atoms with Crippen LogP contribution >= 0.6 is 12.4 Å². The van der Waals surface area contributed by atoms with Crippen LogP contribution in [0.3, 0.4) is 0 Å². The van der Waals surface area contributed by atoms with E-state index in [0.29, 0.717) is 6.61 Å². The number of para-hydroxylation sites is 1. The van der Waals surface area contributed by atoms with Crippen molar-refractivity contribution in [1.82, 2.24) is 9.97 Å². The number of aromatic nitrogens is 2. The summed E-state index contributed by atoms with van der Waals surface area (Å²) in [6, 6.07) is 17.6. The molecule has 0 saturated heterocycles. The summed E-state index contributed by atoms with van der Waals surface area (Å²) >= 11 is 0. The lowest BCUT2D eigenvalue weighted by Gasteiger charge is -2.09. The number of furan rings is 1. The van der Waals surface area contributed by atoms with E-state index in [1.54, 1.807) is 18.9 Å². The maximum Gasteiger partial charge on any atom is 0.141 e. The zero-order chi connectivity index (χ0) is 16.2. The van der Waals surface area contributed by atoms with Gasteiger partial charge in [-0.05, 0) is 42.5 Å². The van der Waals surface area contributed by atoms with E-state index in [1.807, 2.05) is 54.6 Å². The fourth-order valence-electron chi connectivity index (χ4n) is 2.42. The number of hydrogen-bond donors (Lipinski definition) is 1. The molecule has 4 aromatic rings. The maximum atomic E-state index is 5.71. The molecule has 126 valence electrons. The Bertz CT molecular complexity index is 935. The molecule has 0 aliphatic rings. The standard InChI is InChI=1S/C19H15N3O2.ClH/c1-2-4-18-17(3-1)19(21-13-20-18)22-15-5-7-16(8-6-15)24-12-14-9-10-23-11-14;/h1-11,13H,12H2,(H,20,21,22);1H. The number of rotatable bonds is 5. The minimum Gasteiger partial charge on any atom is -0.489 e. The van der Waals surface area contributed by atoms with E-state index in [4.69, 9.17) is 9.15 Å². The maximum absolute atomic E-state index is 5.71. The first kappa shape index (κ1) is 16.8. The van der Waals surface area contributed by atoms with E-state index < -0.39 is 0 Å². The van der Waals surface area contributed by atoms with Crippen molar-refractivity contribution in [2.24, 2.45) is 0 Å². The molecule has 0 aliphatic carbocycles. The highest BCUT2D eigenvalue weighted by atomic mass is 35.5. The van der Waals surface area contributed by atoms with Crippen molar-refractivity contribution in [2.45, 2.75) is 6.61 Å². The molecule has 5 nitrogen and oxygen atoms in total. The first-order valence-electron chi connectivity index (χ1n) is 7.59. The molecule has 6 heteroatoms. The van der Waals surface area contributed by atoms with Crippen molar-refractivity contribution in [1.29, 1.82) is 0 Å². The summed E-state index contributed by atoms with van der Waals surface area (Å²) in [5, 5.41) is 4.31. The van der Waals surface area contributed by atoms with Crippen LogP contribution in [0.5, 0.6) is 5.75 Å². The molecule has 0 aliphatic heterocycles.